The van der Waals surface area contributed by atoms with Crippen LogP contribution in [0.4, 0.5) is 0 Å². The topological polar surface area (TPSA) is 55.4 Å². The highest BCUT2D eigenvalue weighted by atomic mass is 32.2. The summed E-state index contributed by atoms with van der Waals surface area (Å²) in [6, 6.07) is 10.2. The summed E-state index contributed by atoms with van der Waals surface area (Å²) in [5, 5.41) is 0. The van der Waals surface area contributed by atoms with Crippen LogP contribution in [-0.4, -0.2) is 25.4 Å². The van der Waals surface area contributed by atoms with E-state index in [9.17, 15) is 9.59 Å². The monoisotopic (exact) mass is 265 g/mol. The first-order valence-electron chi connectivity index (χ1n) is 5.45. The number of allylic oxidation sites excluding steroid dienone is 1. The van der Waals surface area contributed by atoms with E-state index in [0.29, 0.717) is 12.9 Å². The Hall–Kier alpha value is -1.59. The third-order valence-corrected chi connectivity index (χ3v) is 2.80. The standard InChI is InChI=1S/C7H9NS.C6H6O3/c1-8-9-7-5-3-2-4-6-7;7-4-9-6-2-1-5(8)3-6/h2-6,8H,1H3;1-2,4,6H,3H2. The van der Waals surface area contributed by atoms with Gasteiger partial charge in [0.2, 0.25) is 0 Å². The molecular formula is C13H15NO3S. The van der Waals surface area contributed by atoms with Crippen LogP contribution in [0.3, 0.4) is 0 Å². The number of ether oxygens (including phenoxy) is 1. The van der Waals surface area contributed by atoms with Crippen LogP contribution < -0.4 is 4.72 Å². The van der Waals surface area contributed by atoms with E-state index < -0.39 is 0 Å². The van der Waals surface area contributed by atoms with E-state index in [1.165, 1.54) is 11.0 Å². The Morgan fingerprint density at radius 1 is 1.39 bits per heavy atom. The van der Waals surface area contributed by atoms with Crippen LogP contribution in [0.1, 0.15) is 6.42 Å². The molecule has 0 saturated heterocycles. The van der Waals surface area contributed by atoms with Crippen LogP contribution in [0.15, 0.2) is 47.4 Å². The summed E-state index contributed by atoms with van der Waals surface area (Å²) in [6.45, 7) is 0.355. The Morgan fingerprint density at radius 3 is 2.61 bits per heavy atom. The minimum Gasteiger partial charge on any atom is -0.460 e. The first-order valence-corrected chi connectivity index (χ1v) is 6.26. The van der Waals surface area contributed by atoms with Crippen molar-refractivity contribution in [2.24, 2.45) is 0 Å². The van der Waals surface area contributed by atoms with Crippen LogP contribution in [0.25, 0.3) is 0 Å². The molecule has 1 unspecified atom stereocenters. The number of ketones is 1. The molecule has 1 aromatic carbocycles. The van der Waals surface area contributed by atoms with Gasteiger partial charge in [0.05, 0.1) is 6.42 Å². The lowest BCUT2D eigenvalue weighted by Crippen LogP contribution is -2.06. The van der Waals surface area contributed by atoms with Gasteiger partial charge >= 0.3 is 0 Å². The molecule has 0 fully saturated rings. The van der Waals surface area contributed by atoms with E-state index in [0.717, 1.165) is 0 Å². The van der Waals surface area contributed by atoms with Gasteiger partial charge in [-0.15, -0.1) is 0 Å². The average Bonchev–Trinajstić information content (AvgIpc) is 2.78. The van der Waals surface area contributed by atoms with E-state index in [4.69, 9.17) is 0 Å². The fourth-order valence-corrected chi connectivity index (χ4v) is 1.85. The van der Waals surface area contributed by atoms with Crippen molar-refractivity contribution in [3.63, 3.8) is 0 Å². The number of carbonyl (C=O) groups is 2. The minimum absolute atomic E-state index is 0.0156. The molecule has 1 aliphatic carbocycles. The first kappa shape index (κ1) is 14.5. The maximum absolute atomic E-state index is 10.4. The van der Waals surface area contributed by atoms with E-state index in [1.54, 1.807) is 18.0 Å². The Morgan fingerprint density at radius 2 is 2.11 bits per heavy atom. The summed E-state index contributed by atoms with van der Waals surface area (Å²) < 4.78 is 7.49. The number of carbonyl (C=O) groups excluding carboxylic acids is 2. The lowest BCUT2D eigenvalue weighted by molar-refractivity contribution is -0.132. The van der Waals surface area contributed by atoms with Gasteiger partial charge in [-0.1, -0.05) is 18.2 Å². The molecule has 0 saturated carbocycles. The molecule has 18 heavy (non-hydrogen) atoms. The third kappa shape index (κ3) is 5.65. The summed E-state index contributed by atoms with van der Waals surface area (Å²) >= 11 is 1.63. The summed E-state index contributed by atoms with van der Waals surface area (Å²) in [5.74, 6) is 0.0156. The zero-order valence-corrected chi connectivity index (χ0v) is 10.9. The van der Waals surface area contributed by atoms with Gasteiger partial charge in [-0.3, -0.25) is 14.3 Å². The highest BCUT2D eigenvalue weighted by Crippen LogP contribution is 2.11. The maximum Gasteiger partial charge on any atom is 0.293 e. The molecule has 4 nitrogen and oxygen atoms in total. The van der Waals surface area contributed by atoms with Gasteiger partial charge in [0.1, 0.15) is 6.10 Å². The molecule has 1 aromatic rings. The molecule has 0 bridgehead atoms. The zero-order valence-electron chi connectivity index (χ0n) is 10.0. The number of hydrogen-bond donors (Lipinski definition) is 1. The molecule has 0 radical (unpaired) electrons. The van der Waals surface area contributed by atoms with E-state index in [-0.39, 0.29) is 11.9 Å². The average molecular weight is 265 g/mol. The predicted octanol–water partition coefficient (Wildman–Crippen LogP) is 1.97. The van der Waals surface area contributed by atoms with Gasteiger partial charge in [0, 0.05) is 4.90 Å². The lowest BCUT2D eigenvalue weighted by atomic mass is 10.3. The van der Waals surface area contributed by atoms with Gasteiger partial charge < -0.3 is 4.74 Å². The van der Waals surface area contributed by atoms with Gasteiger partial charge in [0.25, 0.3) is 6.47 Å². The van der Waals surface area contributed by atoms with E-state index in [2.05, 4.69) is 21.6 Å². The van der Waals surface area contributed by atoms with Crippen molar-refractivity contribution in [1.29, 1.82) is 0 Å². The number of benzene rings is 1. The highest BCUT2D eigenvalue weighted by Gasteiger charge is 2.15. The summed E-state index contributed by atoms with van der Waals surface area (Å²) in [4.78, 5) is 21.4. The van der Waals surface area contributed by atoms with Crippen molar-refractivity contribution in [3.05, 3.63) is 42.5 Å². The fourth-order valence-electron chi connectivity index (χ4n) is 1.32. The molecule has 0 spiro atoms. The lowest BCUT2D eigenvalue weighted by Gasteiger charge is -2.00. The Bertz CT molecular complexity index is 406. The largest absolute Gasteiger partial charge is 0.460 e. The molecule has 0 aromatic heterocycles. The molecular weight excluding hydrogens is 250 g/mol. The molecule has 0 amide bonds. The number of rotatable bonds is 4. The summed E-state index contributed by atoms with van der Waals surface area (Å²) in [5.41, 5.74) is 0. The molecule has 0 aliphatic heterocycles. The fraction of sp³-hybridized carbons (Fsp3) is 0.231. The van der Waals surface area contributed by atoms with Crippen molar-refractivity contribution in [2.75, 3.05) is 7.05 Å². The predicted molar refractivity (Wildman–Crippen MR) is 71.1 cm³/mol. The van der Waals surface area contributed by atoms with Gasteiger partial charge in [0.15, 0.2) is 5.78 Å². The highest BCUT2D eigenvalue weighted by molar-refractivity contribution is 7.97. The molecule has 96 valence electrons. The van der Waals surface area contributed by atoms with Crippen molar-refractivity contribution < 1.29 is 14.3 Å². The molecule has 2 rings (SSSR count). The van der Waals surface area contributed by atoms with Gasteiger partial charge in [-0.25, -0.2) is 0 Å². The van der Waals surface area contributed by atoms with Crippen molar-refractivity contribution in [1.82, 2.24) is 4.72 Å². The van der Waals surface area contributed by atoms with Crippen LogP contribution >= 0.6 is 11.9 Å². The Balaban J connectivity index is 0.000000180. The van der Waals surface area contributed by atoms with Crippen LogP contribution in [-0.2, 0) is 14.3 Å². The second-order valence-corrected chi connectivity index (χ2v) is 4.50. The Labute approximate surface area is 111 Å². The molecule has 5 heteroatoms. The quantitative estimate of drug-likeness (QED) is 0.666. The van der Waals surface area contributed by atoms with E-state index >= 15 is 0 Å². The first-order chi connectivity index (χ1) is 8.76. The normalized spacial score (nSPS) is 16.9. The van der Waals surface area contributed by atoms with E-state index in [1.807, 2.05) is 25.2 Å². The van der Waals surface area contributed by atoms with Crippen molar-refractivity contribution in [2.45, 2.75) is 17.4 Å². The van der Waals surface area contributed by atoms with Crippen LogP contribution in [0, 0.1) is 0 Å². The molecule has 1 aliphatic rings. The van der Waals surface area contributed by atoms with Crippen molar-refractivity contribution in [3.8, 4) is 0 Å². The number of hydrogen-bond acceptors (Lipinski definition) is 5. The van der Waals surface area contributed by atoms with Gasteiger partial charge in [-0.05, 0) is 43.3 Å². The summed E-state index contributed by atoms with van der Waals surface area (Å²) in [7, 11) is 1.91. The molecule has 0 heterocycles. The zero-order chi connectivity index (χ0) is 13.2. The van der Waals surface area contributed by atoms with Gasteiger partial charge in [-0.2, -0.15) is 0 Å². The van der Waals surface area contributed by atoms with Crippen LogP contribution in [0.2, 0.25) is 0 Å². The second-order valence-electron chi connectivity index (χ2n) is 3.42. The molecule has 1 N–H and O–H groups in total. The summed E-state index contributed by atoms with van der Waals surface area (Å²) in [6.07, 6.45) is 3.00. The SMILES string of the molecule is CNSc1ccccc1.O=COC1C=CC(=O)C1. The van der Waals surface area contributed by atoms with Crippen LogP contribution in [0.5, 0.6) is 0 Å². The second kappa shape index (κ2) is 8.49. The molecule has 1 atom stereocenters. The minimum atomic E-state index is -0.310. The number of nitrogens with one attached hydrogen (secondary N) is 1. The van der Waals surface area contributed by atoms with Crippen molar-refractivity contribution >= 4 is 24.2 Å². The third-order valence-electron chi connectivity index (χ3n) is 2.09. The Kier molecular flexibility index (Phi) is 6.83. The smallest absolute Gasteiger partial charge is 0.293 e. The maximum atomic E-state index is 10.4.